The second kappa shape index (κ2) is 6.22. The summed E-state index contributed by atoms with van der Waals surface area (Å²) in [4.78, 5) is 24.1. The molecule has 0 atom stereocenters. The molecule has 114 valence electrons. The number of hydrogen-bond donors (Lipinski definition) is 1. The lowest BCUT2D eigenvalue weighted by Gasteiger charge is -2.47. The van der Waals surface area contributed by atoms with E-state index in [1.54, 1.807) is 24.0 Å². The van der Waals surface area contributed by atoms with Crippen molar-refractivity contribution in [3.05, 3.63) is 35.6 Å². The van der Waals surface area contributed by atoms with Crippen LogP contribution in [-0.2, 0) is 20.7 Å². The van der Waals surface area contributed by atoms with Crippen LogP contribution in [0.25, 0.3) is 0 Å². The van der Waals surface area contributed by atoms with E-state index in [4.69, 9.17) is 9.84 Å². The van der Waals surface area contributed by atoms with Crippen LogP contribution in [0, 0.1) is 5.82 Å². The Morgan fingerprint density at radius 1 is 1.33 bits per heavy atom. The topological polar surface area (TPSA) is 66.8 Å². The monoisotopic (exact) mass is 295 g/mol. The van der Waals surface area contributed by atoms with Gasteiger partial charge in [-0.3, -0.25) is 4.79 Å². The van der Waals surface area contributed by atoms with Crippen molar-refractivity contribution >= 4 is 11.9 Å². The summed E-state index contributed by atoms with van der Waals surface area (Å²) in [6, 6.07) is 6.08. The van der Waals surface area contributed by atoms with Crippen LogP contribution in [0.2, 0.25) is 0 Å². The van der Waals surface area contributed by atoms with Crippen LogP contribution in [0.15, 0.2) is 24.3 Å². The van der Waals surface area contributed by atoms with Crippen LogP contribution < -0.4 is 0 Å². The van der Waals surface area contributed by atoms with Crippen molar-refractivity contribution in [2.45, 2.75) is 25.4 Å². The van der Waals surface area contributed by atoms with E-state index in [9.17, 15) is 14.0 Å². The van der Waals surface area contributed by atoms with Crippen LogP contribution in [0.1, 0.15) is 18.9 Å². The number of aliphatic carboxylic acids is 1. The first kappa shape index (κ1) is 15.4. The summed E-state index contributed by atoms with van der Waals surface area (Å²) >= 11 is 0. The molecule has 1 saturated heterocycles. The van der Waals surface area contributed by atoms with Gasteiger partial charge >= 0.3 is 5.97 Å². The zero-order valence-electron chi connectivity index (χ0n) is 11.8. The quantitative estimate of drug-likeness (QED) is 0.863. The first-order valence-corrected chi connectivity index (χ1v) is 6.76. The maximum Gasteiger partial charge on any atom is 0.329 e. The third-order valence-corrected chi connectivity index (χ3v) is 3.49. The van der Waals surface area contributed by atoms with Gasteiger partial charge in [-0.25, -0.2) is 9.18 Å². The first-order valence-electron chi connectivity index (χ1n) is 6.76. The van der Waals surface area contributed by atoms with Crippen molar-refractivity contribution in [1.82, 2.24) is 4.90 Å². The summed E-state index contributed by atoms with van der Waals surface area (Å²) in [5.74, 6) is -1.31. The molecular weight excluding hydrogens is 277 g/mol. The van der Waals surface area contributed by atoms with E-state index in [-0.39, 0.29) is 18.3 Å². The molecule has 1 aliphatic rings. The standard InChI is InChI=1S/C15H18FNO4/c1-15(21-8-14(19)20)9-17(10-15)13(18)7-4-11-2-5-12(16)6-3-11/h2-3,5-6H,4,7-10H2,1H3,(H,19,20). The number of carbonyl (C=O) groups excluding carboxylic acids is 1. The minimum absolute atomic E-state index is 0.00396. The van der Waals surface area contributed by atoms with Gasteiger partial charge in [0.25, 0.3) is 0 Å². The van der Waals surface area contributed by atoms with Crippen LogP contribution in [-0.4, -0.2) is 47.2 Å². The Labute approximate surface area is 122 Å². The summed E-state index contributed by atoms with van der Waals surface area (Å²) in [6.07, 6.45) is 0.906. The predicted octanol–water partition coefficient (Wildman–Crippen LogP) is 1.46. The molecule has 2 rings (SSSR count). The molecular formula is C15H18FNO4. The summed E-state index contributed by atoms with van der Waals surface area (Å²) in [5, 5.41) is 8.57. The number of carboxylic acids is 1. The molecule has 1 aromatic carbocycles. The number of carboxylic acid groups (broad SMARTS) is 1. The fourth-order valence-corrected chi connectivity index (χ4v) is 2.33. The molecule has 6 heteroatoms. The van der Waals surface area contributed by atoms with E-state index >= 15 is 0 Å². The van der Waals surface area contributed by atoms with E-state index in [0.717, 1.165) is 5.56 Å². The van der Waals surface area contributed by atoms with E-state index in [2.05, 4.69) is 0 Å². The minimum Gasteiger partial charge on any atom is -0.480 e. The van der Waals surface area contributed by atoms with Gasteiger partial charge in [-0.05, 0) is 31.0 Å². The highest BCUT2D eigenvalue weighted by Crippen LogP contribution is 2.25. The third kappa shape index (κ3) is 4.26. The van der Waals surface area contributed by atoms with Crippen LogP contribution in [0.5, 0.6) is 0 Å². The van der Waals surface area contributed by atoms with Crippen molar-refractivity contribution in [2.75, 3.05) is 19.7 Å². The molecule has 0 radical (unpaired) electrons. The van der Waals surface area contributed by atoms with Crippen LogP contribution in [0.4, 0.5) is 4.39 Å². The summed E-state index contributed by atoms with van der Waals surface area (Å²) in [5.41, 5.74) is 0.347. The first-order chi connectivity index (χ1) is 9.88. The number of hydrogen-bond acceptors (Lipinski definition) is 3. The molecule has 0 aliphatic carbocycles. The molecule has 21 heavy (non-hydrogen) atoms. The van der Waals surface area contributed by atoms with E-state index < -0.39 is 11.6 Å². The van der Waals surface area contributed by atoms with Gasteiger partial charge in [0.1, 0.15) is 18.0 Å². The summed E-state index contributed by atoms with van der Waals surface area (Å²) < 4.78 is 18.0. The molecule has 1 amide bonds. The summed E-state index contributed by atoms with van der Waals surface area (Å²) in [7, 11) is 0. The fraction of sp³-hybridized carbons (Fsp3) is 0.467. The van der Waals surface area contributed by atoms with Crippen molar-refractivity contribution < 1.29 is 23.8 Å². The number of carbonyl (C=O) groups is 2. The Morgan fingerprint density at radius 2 is 1.95 bits per heavy atom. The second-order valence-corrected chi connectivity index (χ2v) is 5.51. The average molecular weight is 295 g/mol. The molecule has 0 saturated carbocycles. The lowest BCUT2D eigenvalue weighted by molar-refractivity contribution is -0.173. The second-order valence-electron chi connectivity index (χ2n) is 5.51. The molecule has 1 N–H and O–H groups in total. The SMILES string of the molecule is CC1(OCC(=O)O)CN(C(=O)CCc2ccc(F)cc2)C1. The highest BCUT2D eigenvalue weighted by atomic mass is 19.1. The van der Waals surface area contributed by atoms with Crippen molar-refractivity contribution in [3.63, 3.8) is 0 Å². The third-order valence-electron chi connectivity index (χ3n) is 3.49. The molecule has 1 fully saturated rings. The van der Waals surface area contributed by atoms with Gasteiger partial charge in [0.15, 0.2) is 0 Å². The van der Waals surface area contributed by atoms with E-state index in [1.165, 1.54) is 12.1 Å². The Kier molecular flexibility index (Phi) is 4.57. The zero-order chi connectivity index (χ0) is 15.5. The molecule has 0 spiro atoms. The van der Waals surface area contributed by atoms with Gasteiger partial charge in [0, 0.05) is 6.42 Å². The lowest BCUT2D eigenvalue weighted by Crippen LogP contribution is -2.63. The Bertz CT molecular complexity index is 523. The fourth-order valence-electron chi connectivity index (χ4n) is 2.33. The average Bonchev–Trinajstić information content (AvgIpc) is 2.41. The smallest absolute Gasteiger partial charge is 0.329 e. The maximum atomic E-state index is 12.8. The van der Waals surface area contributed by atoms with Gasteiger partial charge in [0.2, 0.25) is 5.91 Å². The van der Waals surface area contributed by atoms with Crippen molar-refractivity contribution in [2.24, 2.45) is 0 Å². The largest absolute Gasteiger partial charge is 0.480 e. The number of ether oxygens (including phenoxy) is 1. The van der Waals surface area contributed by atoms with E-state index in [0.29, 0.717) is 25.9 Å². The molecule has 0 bridgehead atoms. The molecule has 1 heterocycles. The number of amides is 1. The van der Waals surface area contributed by atoms with Gasteiger partial charge in [-0.2, -0.15) is 0 Å². The zero-order valence-corrected chi connectivity index (χ0v) is 11.8. The Balaban J connectivity index is 1.73. The summed E-state index contributed by atoms with van der Waals surface area (Å²) in [6.45, 7) is 2.25. The van der Waals surface area contributed by atoms with Crippen molar-refractivity contribution in [3.8, 4) is 0 Å². The highest BCUT2D eigenvalue weighted by molar-refractivity contribution is 5.77. The van der Waals surface area contributed by atoms with E-state index in [1.807, 2.05) is 0 Å². The number of aryl methyl sites for hydroxylation is 1. The van der Waals surface area contributed by atoms with Crippen molar-refractivity contribution in [1.29, 1.82) is 0 Å². The number of rotatable bonds is 6. The Hall–Kier alpha value is -1.95. The normalized spacial score (nSPS) is 16.4. The minimum atomic E-state index is -1.02. The van der Waals surface area contributed by atoms with Gasteiger partial charge in [-0.1, -0.05) is 12.1 Å². The number of nitrogens with zero attached hydrogens (tertiary/aromatic N) is 1. The maximum absolute atomic E-state index is 12.8. The molecule has 5 nitrogen and oxygen atoms in total. The Morgan fingerprint density at radius 3 is 2.52 bits per heavy atom. The molecule has 0 aromatic heterocycles. The lowest BCUT2D eigenvalue weighted by atomic mass is 9.95. The van der Waals surface area contributed by atoms with Gasteiger partial charge < -0.3 is 14.7 Å². The number of benzene rings is 1. The molecule has 1 aromatic rings. The van der Waals surface area contributed by atoms with Crippen LogP contribution in [0.3, 0.4) is 0 Å². The van der Waals surface area contributed by atoms with Crippen LogP contribution >= 0.6 is 0 Å². The highest BCUT2D eigenvalue weighted by Gasteiger charge is 2.42. The predicted molar refractivity (Wildman–Crippen MR) is 73.3 cm³/mol. The number of halogens is 1. The number of likely N-dealkylation sites (tertiary alicyclic amines) is 1. The van der Waals surface area contributed by atoms with Gasteiger partial charge in [0.05, 0.1) is 13.1 Å². The molecule has 1 aliphatic heterocycles. The van der Waals surface area contributed by atoms with Gasteiger partial charge in [-0.15, -0.1) is 0 Å². The molecule has 0 unspecified atom stereocenters.